The summed E-state index contributed by atoms with van der Waals surface area (Å²) < 4.78 is 0.904. The number of hydrogen-bond acceptors (Lipinski definition) is 3. The van der Waals surface area contributed by atoms with E-state index in [-0.39, 0.29) is 5.91 Å². The van der Waals surface area contributed by atoms with Gasteiger partial charge < -0.3 is 4.90 Å². The molecule has 0 saturated heterocycles. The van der Waals surface area contributed by atoms with Gasteiger partial charge >= 0.3 is 0 Å². The first kappa shape index (κ1) is 14.1. The summed E-state index contributed by atoms with van der Waals surface area (Å²) in [5, 5.41) is 0. The van der Waals surface area contributed by atoms with E-state index in [2.05, 4.69) is 33.5 Å². The first-order valence-electron chi connectivity index (χ1n) is 5.72. The average Bonchev–Trinajstić information content (AvgIpc) is 2.39. The van der Waals surface area contributed by atoms with Crippen molar-refractivity contribution in [2.24, 2.45) is 0 Å². The Balaban J connectivity index is 2.15. The number of carbonyl (C=O) groups excluding carboxylic acids is 1. The maximum atomic E-state index is 12.3. The molecule has 1 amide bonds. The third kappa shape index (κ3) is 3.58. The van der Waals surface area contributed by atoms with Crippen molar-refractivity contribution in [3.8, 4) is 0 Å². The molecule has 0 fully saturated rings. The van der Waals surface area contributed by atoms with E-state index >= 15 is 0 Å². The Labute approximate surface area is 126 Å². The van der Waals surface area contributed by atoms with Crippen LogP contribution in [0.2, 0.25) is 0 Å². The van der Waals surface area contributed by atoms with Crippen LogP contribution in [0.15, 0.2) is 52.0 Å². The molecule has 0 unspecified atom stereocenters. The largest absolute Gasteiger partial charge is 0.336 e. The summed E-state index contributed by atoms with van der Waals surface area (Å²) in [6.07, 6.45) is 1.72. The molecular weight excluding hydrogens is 324 g/mol. The van der Waals surface area contributed by atoms with Crippen molar-refractivity contribution < 1.29 is 4.79 Å². The molecule has 1 heterocycles. The van der Waals surface area contributed by atoms with Gasteiger partial charge in [0.1, 0.15) is 0 Å². The first-order chi connectivity index (χ1) is 9.08. The zero-order chi connectivity index (χ0) is 13.8. The minimum atomic E-state index is -0.0665. The molecule has 2 aromatic rings. The minimum Gasteiger partial charge on any atom is -0.336 e. The molecule has 0 spiro atoms. The van der Waals surface area contributed by atoms with E-state index < -0.39 is 0 Å². The van der Waals surface area contributed by atoms with Gasteiger partial charge in [0.2, 0.25) is 0 Å². The zero-order valence-electron chi connectivity index (χ0n) is 10.4. The maximum absolute atomic E-state index is 12.3. The fourth-order valence-corrected chi connectivity index (χ4v) is 2.54. The second-order valence-corrected chi connectivity index (χ2v) is 5.54. The lowest BCUT2D eigenvalue weighted by Gasteiger charge is -2.17. The van der Waals surface area contributed by atoms with Crippen molar-refractivity contribution in [2.45, 2.75) is 11.4 Å². The standard InChI is InChI=1S/C14H13BrN2OS/c1-17(9-11-4-2-3-7-16-11)14(18)12-6-5-10(15)8-13(12)19/h2-8,19H,9H2,1H3. The van der Waals surface area contributed by atoms with E-state index in [4.69, 9.17) is 0 Å². The van der Waals surface area contributed by atoms with Crippen molar-refractivity contribution in [3.05, 3.63) is 58.3 Å². The summed E-state index contributed by atoms with van der Waals surface area (Å²) in [6.45, 7) is 0.475. The summed E-state index contributed by atoms with van der Waals surface area (Å²) in [6, 6.07) is 11.1. The molecule has 0 radical (unpaired) electrons. The minimum absolute atomic E-state index is 0.0665. The normalized spacial score (nSPS) is 10.3. The van der Waals surface area contributed by atoms with Gasteiger partial charge in [0, 0.05) is 22.6 Å². The van der Waals surface area contributed by atoms with Crippen molar-refractivity contribution >= 4 is 34.5 Å². The van der Waals surface area contributed by atoms with Gasteiger partial charge in [-0.3, -0.25) is 9.78 Å². The second-order valence-electron chi connectivity index (χ2n) is 4.14. The molecular formula is C14H13BrN2OS. The molecule has 0 saturated carbocycles. The molecule has 1 aromatic heterocycles. The van der Waals surface area contributed by atoms with Crippen molar-refractivity contribution in [3.63, 3.8) is 0 Å². The van der Waals surface area contributed by atoms with Gasteiger partial charge in [0.25, 0.3) is 5.91 Å². The van der Waals surface area contributed by atoms with Crippen LogP contribution < -0.4 is 0 Å². The fraction of sp³-hybridized carbons (Fsp3) is 0.143. The van der Waals surface area contributed by atoms with E-state index in [1.165, 1.54) is 0 Å². The smallest absolute Gasteiger partial charge is 0.255 e. The molecule has 19 heavy (non-hydrogen) atoms. The predicted octanol–water partition coefficient (Wildman–Crippen LogP) is 3.41. The molecule has 0 aliphatic heterocycles. The van der Waals surface area contributed by atoms with Crippen LogP contribution in [-0.2, 0) is 6.54 Å². The number of hydrogen-bond donors (Lipinski definition) is 1. The monoisotopic (exact) mass is 336 g/mol. The van der Waals surface area contributed by atoms with E-state index in [1.54, 1.807) is 24.2 Å². The molecule has 1 aromatic carbocycles. The van der Waals surface area contributed by atoms with Crippen LogP contribution in [0.4, 0.5) is 0 Å². The van der Waals surface area contributed by atoms with E-state index in [0.717, 1.165) is 10.2 Å². The van der Waals surface area contributed by atoms with Crippen LogP contribution >= 0.6 is 28.6 Å². The zero-order valence-corrected chi connectivity index (χ0v) is 12.9. The van der Waals surface area contributed by atoms with Crippen LogP contribution in [0.25, 0.3) is 0 Å². The number of halogens is 1. The fourth-order valence-electron chi connectivity index (χ4n) is 1.70. The first-order valence-corrected chi connectivity index (χ1v) is 6.96. The highest BCUT2D eigenvalue weighted by molar-refractivity contribution is 9.10. The highest BCUT2D eigenvalue weighted by Crippen LogP contribution is 2.21. The molecule has 98 valence electrons. The number of nitrogens with zero attached hydrogens (tertiary/aromatic N) is 2. The highest BCUT2D eigenvalue weighted by atomic mass is 79.9. The highest BCUT2D eigenvalue weighted by Gasteiger charge is 2.15. The van der Waals surface area contributed by atoms with E-state index in [9.17, 15) is 4.79 Å². The van der Waals surface area contributed by atoms with E-state index in [1.807, 2.05) is 30.3 Å². The van der Waals surface area contributed by atoms with E-state index in [0.29, 0.717) is 17.0 Å². The lowest BCUT2D eigenvalue weighted by atomic mass is 10.2. The quantitative estimate of drug-likeness (QED) is 0.871. The van der Waals surface area contributed by atoms with Crippen LogP contribution in [0.5, 0.6) is 0 Å². The number of benzene rings is 1. The van der Waals surface area contributed by atoms with Gasteiger partial charge in [-0.25, -0.2) is 0 Å². The van der Waals surface area contributed by atoms with Gasteiger partial charge in [-0.15, -0.1) is 12.6 Å². The molecule has 0 aliphatic carbocycles. The Morgan fingerprint density at radius 2 is 2.16 bits per heavy atom. The number of pyridine rings is 1. The Kier molecular flexibility index (Phi) is 4.61. The molecule has 0 aliphatic rings. The van der Waals surface area contributed by atoms with Gasteiger partial charge in [-0.1, -0.05) is 22.0 Å². The van der Waals surface area contributed by atoms with Crippen LogP contribution in [0.1, 0.15) is 16.1 Å². The Hall–Kier alpha value is -1.33. The number of carbonyl (C=O) groups is 1. The Morgan fingerprint density at radius 3 is 2.79 bits per heavy atom. The summed E-state index contributed by atoms with van der Waals surface area (Å²) in [4.78, 5) is 18.8. The SMILES string of the molecule is CN(Cc1ccccn1)C(=O)c1ccc(Br)cc1S. The summed E-state index contributed by atoms with van der Waals surface area (Å²) in [5.41, 5.74) is 1.45. The number of rotatable bonds is 3. The maximum Gasteiger partial charge on any atom is 0.255 e. The summed E-state index contributed by atoms with van der Waals surface area (Å²) >= 11 is 7.69. The third-order valence-electron chi connectivity index (χ3n) is 2.66. The van der Waals surface area contributed by atoms with Crippen molar-refractivity contribution in [1.29, 1.82) is 0 Å². The lowest BCUT2D eigenvalue weighted by Crippen LogP contribution is -2.26. The third-order valence-corrected chi connectivity index (χ3v) is 3.53. The number of thiol groups is 1. The van der Waals surface area contributed by atoms with Crippen LogP contribution in [0, 0.1) is 0 Å². The average molecular weight is 337 g/mol. The van der Waals surface area contributed by atoms with Crippen LogP contribution in [0.3, 0.4) is 0 Å². The molecule has 0 N–H and O–H groups in total. The number of aromatic nitrogens is 1. The Morgan fingerprint density at radius 1 is 1.37 bits per heavy atom. The molecule has 3 nitrogen and oxygen atoms in total. The van der Waals surface area contributed by atoms with Gasteiger partial charge in [0.05, 0.1) is 17.8 Å². The lowest BCUT2D eigenvalue weighted by molar-refractivity contribution is 0.0780. The van der Waals surface area contributed by atoms with Gasteiger partial charge in [-0.2, -0.15) is 0 Å². The van der Waals surface area contributed by atoms with Gasteiger partial charge in [0.15, 0.2) is 0 Å². The molecule has 0 atom stereocenters. The molecule has 0 bridgehead atoms. The number of amides is 1. The summed E-state index contributed by atoms with van der Waals surface area (Å²) in [7, 11) is 1.76. The van der Waals surface area contributed by atoms with Crippen molar-refractivity contribution in [2.75, 3.05) is 7.05 Å². The molecule has 5 heteroatoms. The topological polar surface area (TPSA) is 33.2 Å². The predicted molar refractivity (Wildman–Crippen MR) is 81.4 cm³/mol. The van der Waals surface area contributed by atoms with Crippen molar-refractivity contribution in [1.82, 2.24) is 9.88 Å². The van der Waals surface area contributed by atoms with Crippen LogP contribution in [-0.4, -0.2) is 22.8 Å². The molecule has 2 rings (SSSR count). The Bertz CT molecular complexity index is 589. The summed E-state index contributed by atoms with van der Waals surface area (Å²) in [5.74, 6) is -0.0665. The van der Waals surface area contributed by atoms with Gasteiger partial charge in [-0.05, 0) is 30.3 Å². The second kappa shape index (κ2) is 6.21.